The molecule has 1 aromatic carbocycles. The number of nitro benzene ring substituents is 1. The molecule has 1 aliphatic rings. The Kier molecular flexibility index (Phi) is 3.05. The van der Waals surface area contributed by atoms with Gasteiger partial charge in [0.05, 0.1) is 4.92 Å². The Morgan fingerprint density at radius 2 is 2.12 bits per heavy atom. The van der Waals surface area contributed by atoms with Gasteiger partial charge in [0.25, 0.3) is 5.69 Å². The Balaban J connectivity index is 2.17. The standard InChI is InChI=1S/C11H15N3O2/c1-9-8-12-6-7-13(9)10-2-4-11(5-3-10)14(15)16/h2-5,9,12H,6-8H2,1H3. The second-order valence-corrected chi connectivity index (χ2v) is 4.02. The van der Waals surface area contributed by atoms with Gasteiger partial charge in [-0.1, -0.05) is 0 Å². The van der Waals surface area contributed by atoms with Gasteiger partial charge < -0.3 is 10.2 Å². The van der Waals surface area contributed by atoms with Crippen molar-refractivity contribution in [2.45, 2.75) is 13.0 Å². The molecule has 1 aromatic rings. The molecule has 0 aliphatic carbocycles. The fourth-order valence-corrected chi connectivity index (χ4v) is 1.99. The summed E-state index contributed by atoms with van der Waals surface area (Å²) in [5.41, 5.74) is 1.20. The van der Waals surface area contributed by atoms with E-state index in [1.54, 1.807) is 12.1 Å². The highest BCUT2D eigenvalue weighted by atomic mass is 16.6. The molecule has 1 heterocycles. The van der Waals surface area contributed by atoms with Gasteiger partial charge in [-0.2, -0.15) is 0 Å². The lowest BCUT2D eigenvalue weighted by Gasteiger charge is -2.35. The summed E-state index contributed by atoms with van der Waals surface area (Å²) >= 11 is 0. The third kappa shape index (κ3) is 2.14. The van der Waals surface area contributed by atoms with E-state index in [0.717, 1.165) is 25.3 Å². The van der Waals surface area contributed by atoms with E-state index >= 15 is 0 Å². The van der Waals surface area contributed by atoms with E-state index < -0.39 is 0 Å². The molecule has 2 rings (SSSR count). The summed E-state index contributed by atoms with van der Waals surface area (Å²) < 4.78 is 0. The molecule has 16 heavy (non-hydrogen) atoms. The van der Waals surface area contributed by atoms with Crippen LogP contribution in [0.2, 0.25) is 0 Å². The maximum Gasteiger partial charge on any atom is 0.269 e. The lowest BCUT2D eigenvalue weighted by atomic mass is 10.1. The lowest BCUT2D eigenvalue weighted by Crippen LogP contribution is -2.49. The summed E-state index contributed by atoms with van der Waals surface area (Å²) in [5, 5.41) is 13.8. The number of hydrogen-bond donors (Lipinski definition) is 1. The Labute approximate surface area is 94.2 Å². The van der Waals surface area contributed by atoms with E-state index in [-0.39, 0.29) is 10.6 Å². The molecule has 0 radical (unpaired) electrons. The molecule has 5 nitrogen and oxygen atoms in total. The molecule has 1 atom stereocenters. The van der Waals surface area contributed by atoms with E-state index in [9.17, 15) is 10.1 Å². The number of non-ortho nitro benzene ring substituents is 1. The van der Waals surface area contributed by atoms with Crippen LogP contribution in [0.4, 0.5) is 11.4 Å². The largest absolute Gasteiger partial charge is 0.366 e. The molecule has 86 valence electrons. The van der Waals surface area contributed by atoms with E-state index in [1.807, 2.05) is 12.1 Å². The Morgan fingerprint density at radius 1 is 1.44 bits per heavy atom. The van der Waals surface area contributed by atoms with Gasteiger partial charge in [-0.05, 0) is 19.1 Å². The predicted molar refractivity (Wildman–Crippen MR) is 62.8 cm³/mol. The minimum atomic E-state index is -0.370. The van der Waals surface area contributed by atoms with Crippen molar-refractivity contribution in [1.29, 1.82) is 0 Å². The van der Waals surface area contributed by atoms with Crippen LogP contribution in [-0.2, 0) is 0 Å². The monoisotopic (exact) mass is 221 g/mol. The van der Waals surface area contributed by atoms with Crippen LogP contribution in [0.5, 0.6) is 0 Å². The van der Waals surface area contributed by atoms with Crippen LogP contribution in [-0.4, -0.2) is 30.6 Å². The molecule has 0 amide bonds. The zero-order chi connectivity index (χ0) is 11.5. The minimum Gasteiger partial charge on any atom is -0.366 e. The highest BCUT2D eigenvalue weighted by Gasteiger charge is 2.18. The average molecular weight is 221 g/mol. The first kappa shape index (κ1) is 10.9. The van der Waals surface area contributed by atoms with Crippen LogP contribution in [0.15, 0.2) is 24.3 Å². The van der Waals surface area contributed by atoms with Gasteiger partial charge in [-0.3, -0.25) is 10.1 Å². The highest BCUT2D eigenvalue weighted by Crippen LogP contribution is 2.21. The van der Waals surface area contributed by atoms with Crippen LogP contribution < -0.4 is 10.2 Å². The van der Waals surface area contributed by atoms with E-state index in [0.29, 0.717) is 6.04 Å². The second-order valence-electron chi connectivity index (χ2n) is 4.02. The van der Waals surface area contributed by atoms with Gasteiger partial charge in [-0.15, -0.1) is 0 Å². The fourth-order valence-electron chi connectivity index (χ4n) is 1.99. The molecule has 1 unspecified atom stereocenters. The molecule has 0 aromatic heterocycles. The molecule has 0 bridgehead atoms. The number of rotatable bonds is 2. The van der Waals surface area contributed by atoms with E-state index in [4.69, 9.17) is 0 Å². The molecule has 1 saturated heterocycles. The minimum absolute atomic E-state index is 0.145. The maximum absolute atomic E-state index is 10.5. The van der Waals surface area contributed by atoms with Gasteiger partial charge in [0, 0.05) is 43.5 Å². The average Bonchev–Trinajstić information content (AvgIpc) is 2.30. The third-order valence-corrected chi connectivity index (χ3v) is 2.89. The van der Waals surface area contributed by atoms with Crippen molar-refractivity contribution < 1.29 is 4.92 Å². The second kappa shape index (κ2) is 4.49. The molecule has 1 N–H and O–H groups in total. The van der Waals surface area contributed by atoms with E-state index in [1.165, 1.54) is 0 Å². The van der Waals surface area contributed by atoms with Gasteiger partial charge in [-0.25, -0.2) is 0 Å². The number of piperazine rings is 1. The lowest BCUT2D eigenvalue weighted by molar-refractivity contribution is -0.384. The normalized spacial score (nSPS) is 20.8. The summed E-state index contributed by atoms with van der Waals surface area (Å²) in [7, 11) is 0. The number of nitrogens with one attached hydrogen (secondary N) is 1. The number of nitrogens with zero attached hydrogens (tertiary/aromatic N) is 2. The van der Waals surface area contributed by atoms with Gasteiger partial charge in [0.1, 0.15) is 0 Å². The highest BCUT2D eigenvalue weighted by molar-refractivity contribution is 5.52. The summed E-state index contributed by atoms with van der Waals surface area (Å²) in [6.07, 6.45) is 0. The molecular formula is C11H15N3O2. The summed E-state index contributed by atoms with van der Waals surface area (Å²) in [5.74, 6) is 0. The van der Waals surface area contributed by atoms with Gasteiger partial charge in [0.15, 0.2) is 0 Å². The van der Waals surface area contributed by atoms with Gasteiger partial charge >= 0.3 is 0 Å². The first-order valence-corrected chi connectivity index (χ1v) is 5.40. The van der Waals surface area contributed by atoms with Crippen molar-refractivity contribution >= 4 is 11.4 Å². The molecule has 0 spiro atoms. The Morgan fingerprint density at radius 3 is 2.69 bits per heavy atom. The quantitative estimate of drug-likeness (QED) is 0.605. The van der Waals surface area contributed by atoms with Crippen molar-refractivity contribution in [1.82, 2.24) is 5.32 Å². The number of benzene rings is 1. The van der Waals surface area contributed by atoms with Crippen molar-refractivity contribution in [3.8, 4) is 0 Å². The Bertz CT molecular complexity index is 377. The van der Waals surface area contributed by atoms with Crippen LogP contribution in [0.3, 0.4) is 0 Å². The summed E-state index contributed by atoms with van der Waals surface area (Å²) in [6, 6.07) is 7.18. The van der Waals surface area contributed by atoms with E-state index in [2.05, 4.69) is 17.1 Å². The zero-order valence-electron chi connectivity index (χ0n) is 9.22. The van der Waals surface area contributed by atoms with Crippen molar-refractivity contribution in [3.63, 3.8) is 0 Å². The first-order valence-electron chi connectivity index (χ1n) is 5.40. The topological polar surface area (TPSA) is 58.4 Å². The number of hydrogen-bond acceptors (Lipinski definition) is 4. The maximum atomic E-state index is 10.5. The molecule has 1 aliphatic heterocycles. The molecule has 1 fully saturated rings. The molecule has 0 saturated carbocycles. The fraction of sp³-hybridized carbons (Fsp3) is 0.455. The Hall–Kier alpha value is -1.62. The molecular weight excluding hydrogens is 206 g/mol. The van der Waals surface area contributed by atoms with Crippen molar-refractivity contribution in [3.05, 3.63) is 34.4 Å². The predicted octanol–water partition coefficient (Wildman–Crippen LogP) is 1.39. The zero-order valence-corrected chi connectivity index (χ0v) is 9.22. The van der Waals surface area contributed by atoms with Crippen molar-refractivity contribution in [2.75, 3.05) is 24.5 Å². The van der Waals surface area contributed by atoms with Crippen LogP contribution >= 0.6 is 0 Å². The van der Waals surface area contributed by atoms with Crippen LogP contribution in [0.25, 0.3) is 0 Å². The first-order chi connectivity index (χ1) is 7.68. The summed E-state index contributed by atoms with van der Waals surface area (Å²) in [6.45, 7) is 5.00. The summed E-state index contributed by atoms with van der Waals surface area (Å²) in [4.78, 5) is 12.4. The van der Waals surface area contributed by atoms with Crippen LogP contribution in [0, 0.1) is 10.1 Å². The third-order valence-electron chi connectivity index (χ3n) is 2.89. The number of anilines is 1. The smallest absolute Gasteiger partial charge is 0.269 e. The van der Waals surface area contributed by atoms with Crippen molar-refractivity contribution in [2.24, 2.45) is 0 Å². The van der Waals surface area contributed by atoms with Gasteiger partial charge in [0.2, 0.25) is 0 Å². The van der Waals surface area contributed by atoms with Crippen LogP contribution in [0.1, 0.15) is 6.92 Å². The number of nitro groups is 1. The molecule has 5 heteroatoms. The SMILES string of the molecule is CC1CNCCN1c1ccc([N+](=O)[O-])cc1.